The fraction of sp³-hybridized carbons (Fsp3) is 0.300. The second-order valence-electron chi connectivity index (χ2n) is 6.50. The van der Waals surface area contributed by atoms with Gasteiger partial charge in [-0.05, 0) is 43.1 Å². The molecule has 1 N–H and O–H groups in total. The molecule has 1 fully saturated rings. The third kappa shape index (κ3) is 4.20. The minimum atomic E-state index is 0.289. The van der Waals surface area contributed by atoms with E-state index in [4.69, 9.17) is 9.72 Å². The van der Waals surface area contributed by atoms with Crippen LogP contribution in [0.5, 0.6) is 5.75 Å². The molecular weight excluding hydrogens is 340 g/mol. The van der Waals surface area contributed by atoms with Crippen molar-refractivity contribution in [1.29, 1.82) is 0 Å². The van der Waals surface area contributed by atoms with Gasteiger partial charge in [-0.25, -0.2) is 15.0 Å². The Morgan fingerprint density at radius 2 is 2.00 bits per heavy atom. The Kier molecular flexibility index (Phi) is 5.20. The quantitative estimate of drug-likeness (QED) is 0.720. The first kappa shape index (κ1) is 17.4. The third-order valence-corrected chi connectivity index (χ3v) is 4.73. The monoisotopic (exact) mass is 362 g/mol. The van der Waals surface area contributed by atoms with Crippen molar-refractivity contribution in [3.63, 3.8) is 0 Å². The molecule has 2 aromatic heterocycles. The Balaban J connectivity index is 1.48. The first-order valence-corrected chi connectivity index (χ1v) is 9.05. The van der Waals surface area contributed by atoms with Crippen LogP contribution in [0.15, 0.2) is 55.1 Å². The highest BCUT2D eigenvalue weighted by Gasteiger charge is 2.27. The van der Waals surface area contributed by atoms with Crippen molar-refractivity contribution in [2.45, 2.75) is 25.4 Å². The van der Waals surface area contributed by atoms with E-state index in [9.17, 15) is 0 Å². The van der Waals surface area contributed by atoms with Crippen molar-refractivity contribution < 1.29 is 4.74 Å². The molecule has 1 atom stereocenters. The average Bonchev–Trinajstić information content (AvgIpc) is 3.18. The number of ether oxygens (including phenoxy) is 1. The highest BCUT2D eigenvalue weighted by atomic mass is 16.5. The van der Waals surface area contributed by atoms with Crippen LogP contribution < -0.4 is 10.1 Å². The van der Waals surface area contributed by atoms with E-state index >= 15 is 0 Å². The van der Waals surface area contributed by atoms with E-state index in [2.05, 4.69) is 37.3 Å². The van der Waals surface area contributed by atoms with Crippen LogP contribution in [0.1, 0.15) is 30.1 Å². The summed E-state index contributed by atoms with van der Waals surface area (Å²) in [6.07, 6.45) is 8.99. The Labute approximate surface area is 158 Å². The van der Waals surface area contributed by atoms with Gasteiger partial charge in [0, 0.05) is 25.1 Å². The van der Waals surface area contributed by atoms with Gasteiger partial charge in [0.25, 0.3) is 0 Å². The number of benzene rings is 1. The summed E-state index contributed by atoms with van der Waals surface area (Å²) in [6.45, 7) is 1.96. The van der Waals surface area contributed by atoms with E-state index in [-0.39, 0.29) is 6.04 Å². The standard InChI is InChI=1S/C20H22N6O/c1-27-16-6-4-15(5-7-16)14-26-12-2-3-18(26)17-8-9-23-20(24-17)25-19-13-21-10-11-22-19/h4-11,13,18H,2-3,12,14H2,1H3,(H,22,23,24,25)/t18-/m1/s1. The molecule has 0 bridgehead atoms. The van der Waals surface area contributed by atoms with Gasteiger partial charge in [0.05, 0.1) is 25.0 Å². The molecule has 0 radical (unpaired) electrons. The number of hydrogen-bond donors (Lipinski definition) is 1. The molecule has 7 heteroatoms. The Morgan fingerprint density at radius 3 is 2.78 bits per heavy atom. The van der Waals surface area contributed by atoms with Gasteiger partial charge in [-0.2, -0.15) is 0 Å². The predicted octanol–water partition coefficient (Wildman–Crippen LogP) is 3.36. The molecule has 1 aromatic carbocycles. The maximum Gasteiger partial charge on any atom is 0.228 e. The van der Waals surface area contributed by atoms with Crippen molar-refractivity contribution >= 4 is 11.8 Å². The van der Waals surface area contributed by atoms with Crippen LogP contribution in [-0.4, -0.2) is 38.5 Å². The minimum absolute atomic E-state index is 0.289. The molecule has 0 amide bonds. The Bertz CT molecular complexity index is 871. The van der Waals surface area contributed by atoms with E-state index in [1.54, 1.807) is 31.9 Å². The lowest BCUT2D eigenvalue weighted by molar-refractivity contribution is 0.244. The SMILES string of the molecule is COc1ccc(CN2CCC[C@@H]2c2ccnc(Nc3cnccn3)n2)cc1. The summed E-state index contributed by atoms with van der Waals surface area (Å²) in [6, 6.07) is 10.5. The molecule has 1 aliphatic heterocycles. The van der Waals surface area contributed by atoms with Crippen LogP contribution in [0, 0.1) is 0 Å². The van der Waals surface area contributed by atoms with E-state index < -0.39 is 0 Å². The zero-order valence-corrected chi connectivity index (χ0v) is 15.2. The number of rotatable bonds is 6. The van der Waals surface area contributed by atoms with Crippen molar-refractivity contribution in [3.8, 4) is 5.75 Å². The van der Waals surface area contributed by atoms with Crippen LogP contribution in [0.3, 0.4) is 0 Å². The first-order valence-electron chi connectivity index (χ1n) is 9.05. The summed E-state index contributed by atoms with van der Waals surface area (Å²) in [4.78, 5) is 19.8. The average molecular weight is 362 g/mol. The van der Waals surface area contributed by atoms with Crippen LogP contribution in [0.25, 0.3) is 0 Å². The second-order valence-corrected chi connectivity index (χ2v) is 6.50. The number of likely N-dealkylation sites (tertiary alicyclic amines) is 1. The van der Waals surface area contributed by atoms with Gasteiger partial charge in [-0.1, -0.05) is 12.1 Å². The topological polar surface area (TPSA) is 76.1 Å². The van der Waals surface area contributed by atoms with Gasteiger partial charge in [0.1, 0.15) is 5.75 Å². The highest BCUT2D eigenvalue weighted by molar-refractivity contribution is 5.45. The molecule has 1 saturated heterocycles. The smallest absolute Gasteiger partial charge is 0.228 e. The van der Waals surface area contributed by atoms with E-state index in [0.717, 1.165) is 37.4 Å². The number of hydrogen-bond acceptors (Lipinski definition) is 7. The minimum Gasteiger partial charge on any atom is -0.497 e. The molecule has 0 spiro atoms. The molecule has 3 heterocycles. The number of aromatic nitrogens is 4. The fourth-order valence-electron chi connectivity index (χ4n) is 3.41. The Hall–Kier alpha value is -3.06. The lowest BCUT2D eigenvalue weighted by atomic mass is 10.1. The largest absolute Gasteiger partial charge is 0.497 e. The Morgan fingerprint density at radius 1 is 1.11 bits per heavy atom. The van der Waals surface area contributed by atoms with Gasteiger partial charge >= 0.3 is 0 Å². The molecule has 138 valence electrons. The molecule has 0 saturated carbocycles. The molecule has 0 aliphatic carbocycles. The lowest BCUT2D eigenvalue weighted by Gasteiger charge is -2.24. The van der Waals surface area contributed by atoms with Crippen LogP contribution in [0.2, 0.25) is 0 Å². The van der Waals surface area contributed by atoms with Gasteiger partial charge < -0.3 is 10.1 Å². The molecule has 27 heavy (non-hydrogen) atoms. The van der Waals surface area contributed by atoms with Crippen LogP contribution in [-0.2, 0) is 6.54 Å². The maximum atomic E-state index is 5.24. The van der Waals surface area contributed by atoms with Crippen LogP contribution >= 0.6 is 0 Å². The van der Waals surface area contributed by atoms with Crippen molar-refractivity contribution in [3.05, 3.63) is 66.4 Å². The molecule has 0 unspecified atom stereocenters. The van der Waals surface area contributed by atoms with Gasteiger partial charge in [0.15, 0.2) is 5.82 Å². The van der Waals surface area contributed by atoms with Crippen molar-refractivity contribution in [2.24, 2.45) is 0 Å². The second kappa shape index (κ2) is 8.09. The zero-order chi connectivity index (χ0) is 18.5. The number of nitrogens with one attached hydrogen (secondary N) is 1. The summed E-state index contributed by atoms with van der Waals surface area (Å²) in [5, 5.41) is 3.12. The zero-order valence-electron chi connectivity index (χ0n) is 15.2. The van der Waals surface area contributed by atoms with Crippen molar-refractivity contribution in [1.82, 2.24) is 24.8 Å². The summed E-state index contributed by atoms with van der Waals surface area (Å²) in [5.41, 5.74) is 2.30. The van der Waals surface area contributed by atoms with Crippen molar-refractivity contribution in [2.75, 3.05) is 19.0 Å². The predicted molar refractivity (Wildman–Crippen MR) is 103 cm³/mol. The first-order chi connectivity index (χ1) is 13.3. The van der Waals surface area contributed by atoms with Gasteiger partial charge in [-0.15, -0.1) is 0 Å². The summed E-state index contributed by atoms with van der Waals surface area (Å²) in [5.74, 6) is 2.06. The summed E-state index contributed by atoms with van der Waals surface area (Å²) in [7, 11) is 1.69. The highest BCUT2D eigenvalue weighted by Crippen LogP contribution is 2.32. The molecule has 7 nitrogen and oxygen atoms in total. The van der Waals surface area contributed by atoms with Gasteiger partial charge in [-0.3, -0.25) is 9.88 Å². The fourth-order valence-corrected chi connectivity index (χ4v) is 3.41. The van der Waals surface area contributed by atoms with Crippen LogP contribution in [0.4, 0.5) is 11.8 Å². The van der Waals surface area contributed by atoms with E-state index in [0.29, 0.717) is 11.8 Å². The van der Waals surface area contributed by atoms with Gasteiger partial charge in [0.2, 0.25) is 5.95 Å². The molecule has 1 aliphatic rings. The summed E-state index contributed by atoms with van der Waals surface area (Å²) >= 11 is 0. The van der Waals surface area contributed by atoms with E-state index in [1.165, 1.54) is 5.56 Å². The molecule has 4 rings (SSSR count). The molecular formula is C20H22N6O. The lowest BCUT2D eigenvalue weighted by Crippen LogP contribution is -2.23. The summed E-state index contributed by atoms with van der Waals surface area (Å²) < 4.78 is 5.24. The molecule has 3 aromatic rings. The third-order valence-electron chi connectivity index (χ3n) is 4.73. The maximum absolute atomic E-state index is 5.24. The number of nitrogens with zero attached hydrogens (tertiary/aromatic N) is 5. The number of methoxy groups -OCH3 is 1. The normalized spacial score (nSPS) is 17.0. The number of anilines is 2. The van der Waals surface area contributed by atoms with E-state index in [1.807, 2.05) is 18.2 Å².